The van der Waals surface area contributed by atoms with E-state index >= 15 is 0 Å². The molecule has 3 rings (SSSR count). The van der Waals surface area contributed by atoms with Gasteiger partial charge in [-0.2, -0.15) is 0 Å². The third kappa shape index (κ3) is 9.27. The number of ether oxygens (including phenoxy) is 2. The highest BCUT2D eigenvalue weighted by Gasteiger charge is 2.22. The molecule has 0 saturated carbocycles. The minimum absolute atomic E-state index is 0.0611. The van der Waals surface area contributed by atoms with E-state index in [0.717, 1.165) is 21.2 Å². The summed E-state index contributed by atoms with van der Waals surface area (Å²) in [6.07, 6.45) is -2.22. The van der Waals surface area contributed by atoms with Crippen molar-refractivity contribution < 1.29 is 33.6 Å². The number of hydrogen-bond acceptors (Lipinski definition) is 8. The highest BCUT2D eigenvalue weighted by molar-refractivity contribution is 7.99. The fraction of sp³-hybridized carbons (Fsp3) is 0.320. The summed E-state index contributed by atoms with van der Waals surface area (Å²) >= 11 is 13.9. The first-order valence-electron chi connectivity index (χ1n) is 11.7. The summed E-state index contributed by atoms with van der Waals surface area (Å²) in [6, 6.07) is 12.4. The van der Waals surface area contributed by atoms with Gasteiger partial charge in [0, 0.05) is 21.5 Å². The van der Waals surface area contributed by atoms with Crippen LogP contribution in [0.4, 0.5) is 4.79 Å². The molecule has 0 radical (unpaired) electrons. The van der Waals surface area contributed by atoms with Crippen LogP contribution in [0.25, 0.3) is 0 Å². The van der Waals surface area contributed by atoms with Gasteiger partial charge in [0.05, 0.1) is 5.69 Å². The zero-order valence-corrected chi connectivity index (χ0v) is 24.6. The molecule has 4 N–H and O–H groups in total. The second kappa shape index (κ2) is 14.2. The third-order valence-electron chi connectivity index (χ3n) is 5.20. The molecule has 0 spiro atoms. The lowest BCUT2D eigenvalue weighted by atomic mass is 10.1. The minimum atomic E-state index is -2.06. The van der Waals surface area contributed by atoms with Crippen LogP contribution in [-0.4, -0.2) is 44.1 Å². The number of rotatable bonds is 13. The molecule has 1 heterocycles. The van der Waals surface area contributed by atoms with Gasteiger partial charge in [0.15, 0.2) is 19.1 Å². The number of hydrogen-bond donors (Lipinski definition) is 3. The van der Waals surface area contributed by atoms with Crippen LogP contribution in [0.1, 0.15) is 43.8 Å². The van der Waals surface area contributed by atoms with Crippen LogP contribution in [0.5, 0.6) is 5.75 Å². The van der Waals surface area contributed by atoms with E-state index in [-0.39, 0.29) is 18.9 Å². The molecule has 2 atom stereocenters. The molecule has 0 aliphatic heterocycles. The molecule has 14 heteroatoms. The lowest BCUT2D eigenvalue weighted by molar-refractivity contribution is -0.144. The number of nitrogens with two attached hydrogens (primary N) is 1. The lowest BCUT2D eigenvalue weighted by Crippen LogP contribution is -2.18. The third-order valence-corrected chi connectivity index (χ3v) is 7.64. The number of halogens is 2. The van der Waals surface area contributed by atoms with Crippen molar-refractivity contribution in [3.63, 3.8) is 0 Å². The number of carboxylic acid groups (broad SMARTS) is 1. The van der Waals surface area contributed by atoms with E-state index in [1.165, 1.54) is 18.7 Å². The highest BCUT2D eigenvalue weighted by atomic mass is 35.5. The lowest BCUT2D eigenvalue weighted by Gasteiger charge is -2.16. The maximum absolute atomic E-state index is 11.3. The number of carbonyl (C=O) groups is 2. The van der Waals surface area contributed by atoms with Crippen molar-refractivity contribution in [1.29, 1.82) is 0 Å². The number of primary amides is 1. The summed E-state index contributed by atoms with van der Waals surface area (Å²) in [5, 5.41) is 10.7. The van der Waals surface area contributed by atoms with E-state index in [2.05, 4.69) is 0 Å². The quantitative estimate of drug-likeness (QED) is 0.190. The van der Waals surface area contributed by atoms with Crippen molar-refractivity contribution in [2.24, 2.45) is 5.73 Å². The normalized spacial score (nSPS) is 12.8. The molecule has 2 aromatic carbocycles. The van der Waals surface area contributed by atoms with E-state index in [4.69, 9.17) is 53.0 Å². The maximum atomic E-state index is 11.3. The number of carbonyl (C=O) groups excluding carboxylic acids is 1. The van der Waals surface area contributed by atoms with Gasteiger partial charge in [-0.05, 0) is 48.7 Å². The molecule has 39 heavy (non-hydrogen) atoms. The smallest absolute Gasteiger partial charge is 0.404 e. The predicted molar refractivity (Wildman–Crippen MR) is 150 cm³/mol. The van der Waals surface area contributed by atoms with E-state index in [1.54, 1.807) is 18.2 Å². The Balaban J connectivity index is 1.85. The van der Waals surface area contributed by atoms with Crippen molar-refractivity contribution in [3.05, 3.63) is 69.6 Å². The van der Waals surface area contributed by atoms with Crippen LogP contribution in [0.15, 0.2) is 52.4 Å². The number of carboxylic acids is 1. The highest BCUT2D eigenvalue weighted by Crippen LogP contribution is 2.38. The molecule has 0 bridgehead atoms. The van der Waals surface area contributed by atoms with Crippen molar-refractivity contribution in [1.82, 2.24) is 9.55 Å². The van der Waals surface area contributed by atoms with Gasteiger partial charge in [0.1, 0.15) is 16.6 Å². The van der Waals surface area contributed by atoms with Crippen LogP contribution in [0.3, 0.4) is 0 Å². The Morgan fingerprint density at radius 1 is 1.13 bits per heavy atom. The van der Waals surface area contributed by atoms with Crippen molar-refractivity contribution in [2.75, 3.05) is 6.35 Å². The average Bonchev–Trinajstić information content (AvgIpc) is 3.18. The molecule has 0 saturated heterocycles. The zero-order chi connectivity index (χ0) is 28.7. The molecule has 3 aromatic rings. The van der Waals surface area contributed by atoms with Crippen molar-refractivity contribution in [2.45, 2.75) is 55.9 Å². The Bertz CT molecular complexity index is 1290. The average molecular weight is 616 g/mol. The summed E-state index contributed by atoms with van der Waals surface area (Å²) in [5.41, 5.74) is 6.91. The number of amides is 1. The Labute approximate surface area is 241 Å². The number of benzene rings is 2. The van der Waals surface area contributed by atoms with Gasteiger partial charge in [-0.3, -0.25) is 0 Å². The van der Waals surface area contributed by atoms with Gasteiger partial charge in [-0.1, -0.05) is 60.9 Å². The minimum Gasteiger partial charge on any atom is -0.484 e. The van der Waals surface area contributed by atoms with Crippen LogP contribution >= 0.6 is 43.3 Å². The van der Waals surface area contributed by atoms with Crippen molar-refractivity contribution in [3.8, 4) is 5.75 Å². The summed E-state index contributed by atoms with van der Waals surface area (Å²) in [4.78, 5) is 37.7. The second-order valence-electron chi connectivity index (χ2n) is 8.63. The first-order valence-corrected chi connectivity index (χ1v) is 14.6. The van der Waals surface area contributed by atoms with Crippen LogP contribution in [0, 0.1) is 0 Å². The first kappa shape index (κ1) is 31.0. The molecule has 1 amide bonds. The SMILES string of the molecule is CC(OP(O)COc1ccc(Cn2c(COC(N)=O)nc(C(C)C)c2Sc2cc(Cl)cc(Cl)c2)cc1)C(=O)O. The number of aromatic nitrogens is 2. The number of imidazole rings is 1. The fourth-order valence-corrected chi connectivity index (χ4v) is 6.05. The van der Waals surface area contributed by atoms with E-state index in [1.807, 2.05) is 42.7 Å². The van der Waals surface area contributed by atoms with E-state index < -0.39 is 26.5 Å². The Morgan fingerprint density at radius 3 is 2.33 bits per heavy atom. The molecular formula is C25H28Cl2N3O7PS. The fourth-order valence-electron chi connectivity index (χ4n) is 3.36. The summed E-state index contributed by atoms with van der Waals surface area (Å²) in [5.74, 6) is -0.117. The zero-order valence-electron chi connectivity index (χ0n) is 21.3. The predicted octanol–water partition coefficient (Wildman–Crippen LogP) is 6.24. The van der Waals surface area contributed by atoms with Gasteiger partial charge in [0.2, 0.25) is 8.38 Å². The molecular weight excluding hydrogens is 588 g/mol. The van der Waals surface area contributed by atoms with Crippen molar-refractivity contribution >= 4 is 55.4 Å². The van der Waals surface area contributed by atoms with Crippen LogP contribution in [-0.2, 0) is 27.2 Å². The Morgan fingerprint density at radius 2 is 1.77 bits per heavy atom. The Kier molecular flexibility index (Phi) is 11.3. The summed E-state index contributed by atoms with van der Waals surface area (Å²) in [6.45, 7) is 5.65. The van der Waals surface area contributed by atoms with Crippen LogP contribution < -0.4 is 10.5 Å². The van der Waals surface area contributed by atoms with E-state index in [0.29, 0.717) is 28.2 Å². The van der Waals surface area contributed by atoms with Crippen LogP contribution in [0.2, 0.25) is 10.0 Å². The standard InChI is InChI=1S/C25H28Cl2N3O7PS/c1-14(2)22-23(39-20-9-17(26)8-18(27)10-20)30(21(29-22)12-35-25(28)33)11-16-4-6-19(7-5-16)36-13-38(34)37-15(3)24(31)32/h4-10,14-15,34H,11-13H2,1-3H3,(H2,28,33)(H,31,32). The monoisotopic (exact) mass is 615 g/mol. The topological polar surface area (TPSA) is 146 Å². The molecule has 210 valence electrons. The van der Waals surface area contributed by atoms with Gasteiger partial charge in [-0.15, -0.1) is 0 Å². The van der Waals surface area contributed by atoms with Gasteiger partial charge in [-0.25, -0.2) is 14.6 Å². The second-order valence-corrected chi connectivity index (χ2v) is 11.7. The molecule has 1 aromatic heterocycles. The molecule has 0 aliphatic rings. The van der Waals surface area contributed by atoms with E-state index in [9.17, 15) is 14.5 Å². The molecule has 10 nitrogen and oxygen atoms in total. The van der Waals surface area contributed by atoms with Gasteiger partial charge >= 0.3 is 12.1 Å². The Hall–Kier alpha value is -2.53. The summed E-state index contributed by atoms with van der Waals surface area (Å²) < 4.78 is 17.6. The molecule has 0 aliphatic carbocycles. The summed E-state index contributed by atoms with van der Waals surface area (Å²) in [7, 11) is -2.06. The van der Waals surface area contributed by atoms with Gasteiger partial charge in [0.25, 0.3) is 0 Å². The molecule has 0 fully saturated rings. The number of nitrogens with zero attached hydrogens (tertiary/aromatic N) is 2. The largest absolute Gasteiger partial charge is 0.484 e. The maximum Gasteiger partial charge on any atom is 0.404 e. The first-order chi connectivity index (χ1) is 18.4. The van der Waals surface area contributed by atoms with Gasteiger partial charge < -0.3 is 34.3 Å². The number of aliphatic carboxylic acids is 1. The molecule has 2 unspecified atom stereocenters.